The number of unbranched alkanes of at least 4 members (excludes halogenated alkanes) is 1. The standard InChI is InChI=1S/C15H26N2/c1-3-12-17(13-4-2)14-8-6-10-15-9-5-7-11-16-15/h3-4H,1-2,5-14H2. The summed E-state index contributed by atoms with van der Waals surface area (Å²) in [6, 6.07) is 0. The van der Waals surface area contributed by atoms with Crippen LogP contribution in [0.2, 0.25) is 0 Å². The van der Waals surface area contributed by atoms with Crippen LogP contribution in [0.4, 0.5) is 0 Å². The van der Waals surface area contributed by atoms with E-state index in [9.17, 15) is 0 Å². The Kier molecular flexibility index (Phi) is 7.65. The van der Waals surface area contributed by atoms with Crippen LogP contribution in [0.15, 0.2) is 30.3 Å². The SMILES string of the molecule is C=CCN(CC=C)CCCCC1=NCCCC1. The van der Waals surface area contributed by atoms with Gasteiger partial charge in [-0.2, -0.15) is 0 Å². The normalized spacial score (nSPS) is 15.7. The molecule has 1 aliphatic rings. The van der Waals surface area contributed by atoms with Crippen molar-refractivity contribution in [3.05, 3.63) is 25.3 Å². The van der Waals surface area contributed by atoms with E-state index in [0.717, 1.165) is 26.2 Å². The fourth-order valence-electron chi connectivity index (χ4n) is 2.25. The topological polar surface area (TPSA) is 15.6 Å². The third-order valence-electron chi connectivity index (χ3n) is 3.17. The third kappa shape index (κ3) is 6.42. The maximum Gasteiger partial charge on any atom is 0.0388 e. The lowest BCUT2D eigenvalue weighted by atomic mass is 10.0. The first kappa shape index (κ1) is 14.2. The van der Waals surface area contributed by atoms with E-state index in [1.165, 1.54) is 44.2 Å². The van der Waals surface area contributed by atoms with Crippen molar-refractivity contribution < 1.29 is 0 Å². The first-order chi connectivity index (χ1) is 8.36. The van der Waals surface area contributed by atoms with Gasteiger partial charge in [-0.1, -0.05) is 12.2 Å². The Bertz CT molecular complexity index is 246. The zero-order chi connectivity index (χ0) is 12.3. The second-order valence-corrected chi connectivity index (χ2v) is 4.70. The van der Waals surface area contributed by atoms with Crippen LogP contribution in [-0.4, -0.2) is 36.8 Å². The summed E-state index contributed by atoms with van der Waals surface area (Å²) in [5, 5.41) is 0. The van der Waals surface area contributed by atoms with Gasteiger partial charge in [-0.15, -0.1) is 13.2 Å². The molecular weight excluding hydrogens is 208 g/mol. The molecule has 0 saturated heterocycles. The molecule has 1 aliphatic heterocycles. The van der Waals surface area contributed by atoms with Crippen LogP contribution in [0.5, 0.6) is 0 Å². The molecule has 0 bridgehead atoms. The van der Waals surface area contributed by atoms with Gasteiger partial charge in [-0.05, 0) is 45.1 Å². The Labute approximate surface area is 106 Å². The van der Waals surface area contributed by atoms with E-state index in [2.05, 4.69) is 23.1 Å². The van der Waals surface area contributed by atoms with Gasteiger partial charge in [-0.3, -0.25) is 9.89 Å². The highest BCUT2D eigenvalue weighted by Crippen LogP contribution is 2.11. The van der Waals surface area contributed by atoms with E-state index in [1.54, 1.807) is 0 Å². The van der Waals surface area contributed by atoms with Crippen LogP contribution in [0.1, 0.15) is 38.5 Å². The molecule has 0 saturated carbocycles. The lowest BCUT2D eigenvalue weighted by molar-refractivity contribution is 0.327. The number of rotatable bonds is 9. The first-order valence-electron chi connectivity index (χ1n) is 6.83. The highest BCUT2D eigenvalue weighted by atomic mass is 15.1. The molecule has 0 fully saturated rings. The number of nitrogens with zero attached hydrogens (tertiary/aromatic N) is 2. The maximum absolute atomic E-state index is 4.59. The Morgan fingerprint density at radius 1 is 1.12 bits per heavy atom. The molecular formula is C15H26N2. The van der Waals surface area contributed by atoms with Gasteiger partial charge >= 0.3 is 0 Å². The molecule has 2 nitrogen and oxygen atoms in total. The van der Waals surface area contributed by atoms with Crippen molar-refractivity contribution in [1.29, 1.82) is 0 Å². The summed E-state index contributed by atoms with van der Waals surface area (Å²) in [4.78, 5) is 6.97. The molecule has 17 heavy (non-hydrogen) atoms. The molecule has 0 aromatic heterocycles. The summed E-state index contributed by atoms with van der Waals surface area (Å²) in [6.07, 6.45) is 11.5. The Morgan fingerprint density at radius 2 is 1.88 bits per heavy atom. The molecule has 0 spiro atoms. The van der Waals surface area contributed by atoms with Gasteiger partial charge in [0.2, 0.25) is 0 Å². The first-order valence-corrected chi connectivity index (χ1v) is 6.83. The van der Waals surface area contributed by atoms with E-state index in [4.69, 9.17) is 0 Å². The molecule has 1 rings (SSSR count). The van der Waals surface area contributed by atoms with E-state index >= 15 is 0 Å². The Balaban J connectivity index is 2.10. The number of hydrogen-bond acceptors (Lipinski definition) is 2. The van der Waals surface area contributed by atoms with Crippen LogP contribution in [-0.2, 0) is 0 Å². The average Bonchev–Trinajstić information content (AvgIpc) is 2.36. The summed E-state index contributed by atoms with van der Waals surface area (Å²) in [6.45, 7) is 11.7. The number of aliphatic imine (C=N–C) groups is 1. The van der Waals surface area contributed by atoms with Crippen molar-refractivity contribution >= 4 is 5.71 Å². The molecule has 1 heterocycles. The van der Waals surface area contributed by atoms with Crippen LogP contribution in [0.3, 0.4) is 0 Å². The van der Waals surface area contributed by atoms with Crippen molar-refractivity contribution in [2.75, 3.05) is 26.2 Å². The van der Waals surface area contributed by atoms with Crippen molar-refractivity contribution in [2.24, 2.45) is 4.99 Å². The van der Waals surface area contributed by atoms with Crippen molar-refractivity contribution in [3.8, 4) is 0 Å². The molecule has 0 atom stereocenters. The lowest BCUT2D eigenvalue weighted by Gasteiger charge is -2.18. The summed E-state index contributed by atoms with van der Waals surface area (Å²) in [7, 11) is 0. The van der Waals surface area contributed by atoms with E-state index in [0.29, 0.717) is 0 Å². The van der Waals surface area contributed by atoms with Gasteiger partial charge in [-0.25, -0.2) is 0 Å². The molecule has 0 aromatic rings. The lowest BCUT2D eigenvalue weighted by Crippen LogP contribution is -2.25. The van der Waals surface area contributed by atoms with E-state index in [-0.39, 0.29) is 0 Å². The molecule has 0 aromatic carbocycles. The van der Waals surface area contributed by atoms with Gasteiger partial charge in [0, 0.05) is 25.3 Å². The van der Waals surface area contributed by atoms with Gasteiger partial charge in [0.05, 0.1) is 0 Å². The summed E-state index contributed by atoms with van der Waals surface area (Å²) < 4.78 is 0. The van der Waals surface area contributed by atoms with Crippen molar-refractivity contribution in [3.63, 3.8) is 0 Å². The van der Waals surface area contributed by atoms with Gasteiger partial charge in [0.25, 0.3) is 0 Å². The second-order valence-electron chi connectivity index (χ2n) is 4.70. The quantitative estimate of drug-likeness (QED) is 0.441. The molecule has 0 unspecified atom stereocenters. The third-order valence-corrected chi connectivity index (χ3v) is 3.17. The van der Waals surface area contributed by atoms with Crippen LogP contribution in [0.25, 0.3) is 0 Å². The zero-order valence-electron chi connectivity index (χ0n) is 11.0. The highest BCUT2D eigenvalue weighted by molar-refractivity contribution is 5.84. The van der Waals surface area contributed by atoms with Crippen LogP contribution < -0.4 is 0 Å². The predicted octanol–water partition coefficient (Wildman–Crippen LogP) is 3.46. The second kappa shape index (κ2) is 9.17. The molecule has 96 valence electrons. The van der Waals surface area contributed by atoms with Gasteiger partial charge in [0.1, 0.15) is 0 Å². The molecule has 0 N–H and O–H groups in total. The van der Waals surface area contributed by atoms with Gasteiger partial charge < -0.3 is 0 Å². The fraction of sp³-hybridized carbons (Fsp3) is 0.667. The van der Waals surface area contributed by atoms with E-state index in [1.807, 2.05) is 12.2 Å². The molecule has 0 aliphatic carbocycles. The fourth-order valence-corrected chi connectivity index (χ4v) is 2.25. The molecule has 0 radical (unpaired) electrons. The minimum atomic E-state index is 0.965. The highest BCUT2D eigenvalue weighted by Gasteiger charge is 2.05. The van der Waals surface area contributed by atoms with Crippen LogP contribution in [0, 0.1) is 0 Å². The summed E-state index contributed by atoms with van der Waals surface area (Å²) in [5.41, 5.74) is 1.45. The molecule has 2 heteroatoms. The zero-order valence-corrected chi connectivity index (χ0v) is 11.0. The smallest absolute Gasteiger partial charge is 0.0388 e. The largest absolute Gasteiger partial charge is 0.296 e. The number of hydrogen-bond donors (Lipinski definition) is 0. The summed E-state index contributed by atoms with van der Waals surface area (Å²) >= 11 is 0. The van der Waals surface area contributed by atoms with E-state index < -0.39 is 0 Å². The van der Waals surface area contributed by atoms with Crippen LogP contribution >= 0.6 is 0 Å². The van der Waals surface area contributed by atoms with Crippen molar-refractivity contribution in [2.45, 2.75) is 38.5 Å². The predicted molar refractivity (Wildman–Crippen MR) is 76.8 cm³/mol. The monoisotopic (exact) mass is 234 g/mol. The summed E-state index contributed by atoms with van der Waals surface area (Å²) in [5.74, 6) is 0. The minimum Gasteiger partial charge on any atom is -0.296 e. The minimum absolute atomic E-state index is 0.965. The maximum atomic E-state index is 4.59. The van der Waals surface area contributed by atoms with Gasteiger partial charge in [0.15, 0.2) is 0 Å². The van der Waals surface area contributed by atoms with Crippen molar-refractivity contribution in [1.82, 2.24) is 4.90 Å². The Morgan fingerprint density at radius 3 is 2.47 bits per heavy atom. The Hall–Kier alpha value is -0.890. The average molecular weight is 234 g/mol. The molecule has 0 amide bonds.